The van der Waals surface area contributed by atoms with Gasteiger partial charge in [-0.1, -0.05) is 78.6 Å². The van der Waals surface area contributed by atoms with E-state index in [1.54, 1.807) is 0 Å². The fourth-order valence-electron chi connectivity index (χ4n) is 7.91. The van der Waals surface area contributed by atoms with Gasteiger partial charge in [-0.25, -0.2) is 9.97 Å². The summed E-state index contributed by atoms with van der Waals surface area (Å²) in [4.78, 5) is 14.2. The summed E-state index contributed by atoms with van der Waals surface area (Å²) in [7, 11) is -4.63. The summed E-state index contributed by atoms with van der Waals surface area (Å²) in [5.74, 6) is 1.91. The van der Waals surface area contributed by atoms with E-state index < -0.39 is 32.3 Å². The zero-order valence-electron chi connectivity index (χ0n) is 46.2. The zero-order valence-corrected chi connectivity index (χ0v) is 52.4. The highest BCUT2D eigenvalue weighted by Gasteiger charge is 2.25. The molecule has 0 amide bonds. The number of halogens is 1. The monoisotopic (exact) mass is 1170 g/mol. The van der Waals surface area contributed by atoms with Gasteiger partial charge in [-0.2, -0.15) is 19.2 Å². The van der Waals surface area contributed by atoms with Crippen LogP contribution >= 0.6 is 22.6 Å². The molecule has 0 aromatic carbocycles. The summed E-state index contributed by atoms with van der Waals surface area (Å²) in [6.07, 6.45) is 7.82. The van der Waals surface area contributed by atoms with Gasteiger partial charge in [0.15, 0.2) is 11.3 Å². The van der Waals surface area contributed by atoms with Crippen LogP contribution in [0.2, 0.25) is 103 Å². The van der Waals surface area contributed by atoms with Crippen LogP contribution in [0.15, 0.2) is 30.6 Å². The maximum atomic E-state index is 6.20. The van der Waals surface area contributed by atoms with Crippen molar-refractivity contribution in [1.82, 2.24) is 39.8 Å². The molecule has 4 aromatic heterocycles. The van der Waals surface area contributed by atoms with Crippen LogP contribution in [0.3, 0.4) is 0 Å². The van der Waals surface area contributed by atoms with Crippen LogP contribution in [-0.4, -0.2) is 153 Å². The number of rotatable bonds is 28. The summed E-state index contributed by atoms with van der Waals surface area (Å²) in [6.45, 7) is 41.1. The lowest BCUT2D eigenvalue weighted by Crippen LogP contribution is -2.37. The quantitative estimate of drug-likeness (QED) is 0.0241. The summed E-state index contributed by atoms with van der Waals surface area (Å²) >= 11 is 2.32. The fourth-order valence-corrected chi connectivity index (χ4v) is 11.4. The number of nitrogens with zero attached hydrogens (tertiary/aromatic N) is 8. The lowest BCUT2D eigenvalue weighted by Gasteiger charge is -2.29. The molecule has 0 bridgehead atoms. The summed E-state index contributed by atoms with van der Waals surface area (Å²) < 4.78 is 40.7. The van der Waals surface area contributed by atoms with Gasteiger partial charge in [0.2, 0.25) is 0 Å². The van der Waals surface area contributed by atoms with E-state index in [1.807, 2.05) is 27.5 Å². The third-order valence-corrected chi connectivity index (χ3v) is 20.3. The van der Waals surface area contributed by atoms with Crippen LogP contribution in [0.1, 0.15) is 63.0 Å². The molecule has 2 saturated heterocycles. The minimum Gasteiger partial charge on any atom is -0.381 e. The molecular weight excluding hydrogens is 1080 g/mol. The normalized spacial score (nSPS) is 16.6. The molecule has 6 heterocycles. The first-order valence-electron chi connectivity index (χ1n) is 26.3. The molecule has 2 fully saturated rings. The highest BCUT2D eigenvalue weighted by molar-refractivity contribution is 14.1. The third-order valence-electron chi connectivity index (χ3n) is 12.7. The summed E-state index contributed by atoms with van der Waals surface area (Å²) in [6, 6.07) is 12.0. The van der Waals surface area contributed by atoms with Gasteiger partial charge in [0.05, 0.1) is 27.4 Å². The number of aromatic nitrogens is 6. The molecule has 2 aliphatic rings. The minimum absolute atomic E-state index is 0.116. The van der Waals surface area contributed by atoms with Crippen molar-refractivity contribution in [2.24, 2.45) is 0 Å². The molecule has 2 atom stereocenters. The van der Waals surface area contributed by atoms with E-state index in [-0.39, 0.29) is 12.1 Å². The molecular formula is C50H93IN10O6Si4. The van der Waals surface area contributed by atoms with Crippen LogP contribution in [0.5, 0.6) is 0 Å². The lowest BCUT2D eigenvalue weighted by molar-refractivity contribution is 0.0751. The van der Waals surface area contributed by atoms with Crippen molar-refractivity contribution in [3.05, 3.63) is 45.6 Å². The molecule has 0 saturated carbocycles. The molecule has 71 heavy (non-hydrogen) atoms. The summed E-state index contributed by atoms with van der Waals surface area (Å²) in [5.41, 5.74) is 3.73. The van der Waals surface area contributed by atoms with Crippen LogP contribution in [0.25, 0.3) is 11.3 Å². The number of hydrogen-bond acceptors (Lipinski definition) is 14. The van der Waals surface area contributed by atoms with Crippen molar-refractivity contribution in [2.45, 2.75) is 166 Å². The molecule has 0 aliphatic carbocycles. The van der Waals surface area contributed by atoms with E-state index >= 15 is 0 Å². The Bertz CT molecular complexity index is 2120. The van der Waals surface area contributed by atoms with Crippen molar-refractivity contribution in [3.63, 3.8) is 0 Å². The Hall–Kier alpha value is -1.88. The smallest absolute Gasteiger partial charge is 0.171 e. The highest BCUT2D eigenvalue weighted by atomic mass is 127. The van der Waals surface area contributed by atoms with Gasteiger partial charge < -0.3 is 48.9 Å². The Labute approximate surface area is 444 Å². The largest absolute Gasteiger partial charge is 0.381 e. The standard InChI is InChI=1S/C25H46IN5O3Si2.C25H47N5O3Si2/c1-20(28-21-8-10-32-11-9-21)23-16-24(31-25(29-23)22(26)17-27-31)30(18-33-12-14-35(2,3)4)19-34-13-15-36(5,6)7;1-21(27-22-9-12-31-13-10-22)23-18-25(30-24(28-23)8-11-26-30)29(19-32-14-16-34(2,3)4)20-33-15-17-35(5,6)7/h16-17,20-21,28H,8-15,18-19H2,1-7H3;8,11,18,21-22,27H,9-10,12-17,19-20H2,1-7H3. The molecule has 6 rings (SSSR count). The maximum absolute atomic E-state index is 6.20. The molecule has 0 radical (unpaired) electrons. The Morgan fingerprint density at radius 3 is 1.37 bits per heavy atom. The van der Waals surface area contributed by atoms with Crippen LogP contribution in [0.4, 0.5) is 11.6 Å². The second kappa shape index (κ2) is 28.3. The van der Waals surface area contributed by atoms with Gasteiger partial charge in [-0.15, -0.1) is 0 Å². The van der Waals surface area contributed by atoms with Crippen molar-refractivity contribution >= 4 is 77.8 Å². The maximum Gasteiger partial charge on any atom is 0.171 e. The highest BCUT2D eigenvalue weighted by Crippen LogP contribution is 2.27. The first-order valence-corrected chi connectivity index (χ1v) is 42.2. The molecule has 402 valence electrons. The van der Waals surface area contributed by atoms with Gasteiger partial charge in [0.25, 0.3) is 0 Å². The van der Waals surface area contributed by atoms with Gasteiger partial charge in [-0.3, -0.25) is 0 Å². The Morgan fingerprint density at radius 2 is 0.972 bits per heavy atom. The molecule has 0 spiro atoms. The van der Waals surface area contributed by atoms with Gasteiger partial charge >= 0.3 is 0 Å². The van der Waals surface area contributed by atoms with Gasteiger partial charge in [-0.05, 0) is 86.3 Å². The van der Waals surface area contributed by atoms with E-state index in [4.69, 9.17) is 38.4 Å². The molecule has 21 heteroatoms. The lowest BCUT2D eigenvalue weighted by atomic mass is 10.1. The first-order chi connectivity index (χ1) is 33.4. The molecule has 4 aromatic rings. The number of nitrogens with one attached hydrogen (secondary N) is 2. The van der Waals surface area contributed by atoms with Crippen LogP contribution in [0, 0.1) is 3.57 Å². The predicted molar refractivity (Wildman–Crippen MR) is 310 cm³/mol. The van der Waals surface area contributed by atoms with E-state index in [2.05, 4.69) is 158 Å². The van der Waals surface area contributed by atoms with Gasteiger partial charge in [0.1, 0.15) is 38.6 Å². The van der Waals surface area contributed by atoms with Crippen LogP contribution in [-0.2, 0) is 28.4 Å². The SMILES string of the molecule is CC(NC1CCOCC1)c1cc(N(COCC[Si](C)(C)C)COCC[Si](C)(C)C)n2ncc(I)c2n1.CC(NC1CCOCC1)c1cc(N(COCC[Si](C)(C)C)COCC[Si](C)(C)C)n2nccc2n1. The number of ether oxygens (including phenoxy) is 6. The van der Waals surface area contributed by atoms with Crippen molar-refractivity contribution in [1.29, 1.82) is 0 Å². The third kappa shape index (κ3) is 21.7. The van der Waals surface area contributed by atoms with Crippen molar-refractivity contribution in [3.8, 4) is 0 Å². The van der Waals surface area contributed by atoms with E-state index in [1.165, 1.54) is 0 Å². The fraction of sp³-hybridized carbons (Fsp3) is 0.760. The Kier molecular flexibility index (Phi) is 23.9. The van der Waals surface area contributed by atoms with Crippen LogP contribution < -0.4 is 20.4 Å². The molecule has 2 aliphatic heterocycles. The first kappa shape index (κ1) is 60.0. The average Bonchev–Trinajstić information content (AvgIpc) is 3.93. The molecule has 2 unspecified atom stereocenters. The zero-order chi connectivity index (χ0) is 51.8. The van der Waals surface area contributed by atoms with E-state index in [0.29, 0.717) is 39.0 Å². The minimum atomic E-state index is -1.16. The van der Waals surface area contributed by atoms with Crippen molar-refractivity contribution < 1.29 is 28.4 Å². The molecule has 16 nitrogen and oxygen atoms in total. The Morgan fingerprint density at radius 1 is 0.592 bits per heavy atom. The van der Waals surface area contributed by atoms with E-state index in [0.717, 1.165) is 141 Å². The second-order valence-corrected chi connectivity index (χ2v) is 48.1. The Balaban J connectivity index is 0.000000264. The average molecular weight is 1170 g/mol. The van der Waals surface area contributed by atoms with Crippen molar-refractivity contribution in [2.75, 3.05) is 89.6 Å². The topological polar surface area (TPSA) is 146 Å². The summed E-state index contributed by atoms with van der Waals surface area (Å²) in [5, 5.41) is 16.8. The predicted octanol–water partition coefficient (Wildman–Crippen LogP) is 10.6. The number of anilines is 2. The number of fused-ring (bicyclic) bond motifs is 2. The number of hydrogen-bond donors (Lipinski definition) is 2. The molecule has 2 N–H and O–H groups in total. The van der Waals surface area contributed by atoms with Gasteiger partial charge in [0, 0.05) is 128 Å². The van der Waals surface area contributed by atoms with E-state index in [9.17, 15) is 0 Å². The second-order valence-electron chi connectivity index (χ2n) is 24.4.